The highest BCUT2D eigenvalue weighted by atomic mass is 16.5. The van der Waals surface area contributed by atoms with Crippen LogP contribution in [0.5, 0.6) is 0 Å². The van der Waals surface area contributed by atoms with Gasteiger partial charge in [-0.25, -0.2) is 0 Å². The van der Waals surface area contributed by atoms with E-state index in [4.69, 9.17) is 21.5 Å². The maximum atomic E-state index is 11.2. The topological polar surface area (TPSA) is 123 Å². The number of benzene rings is 2. The van der Waals surface area contributed by atoms with E-state index in [9.17, 15) is 4.79 Å². The lowest BCUT2D eigenvalue weighted by Crippen LogP contribution is -2.20. The molecule has 0 aliphatic carbocycles. The minimum atomic E-state index is -0.899. The molecule has 0 radical (unpaired) electrons. The van der Waals surface area contributed by atoms with Crippen LogP contribution in [-0.2, 0) is 22.6 Å². The summed E-state index contributed by atoms with van der Waals surface area (Å²) in [6, 6.07) is 15.1. The second kappa shape index (κ2) is 9.95. The van der Waals surface area contributed by atoms with Crippen molar-refractivity contribution in [2.75, 3.05) is 0 Å². The van der Waals surface area contributed by atoms with Crippen LogP contribution in [-0.4, -0.2) is 29.6 Å². The molecule has 136 valence electrons. The van der Waals surface area contributed by atoms with E-state index in [1.54, 1.807) is 12.4 Å². The number of rotatable bonds is 9. The van der Waals surface area contributed by atoms with Crippen LogP contribution >= 0.6 is 0 Å². The standard InChI is InChI=1S/C19H22N4O3/c20-22-11-14-4-6-15(7-5-14)13-26-18(10-19(24)25)9-16-2-1-3-17(8-16)12-23-21/h1-8,11-12,18H,9-10,13,20-21H2,(H,24,25). The molecule has 7 heteroatoms. The number of carbonyl (C=O) groups is 1. The number of aliphatic carboxylic acids is 1. The summed E-state index contributed by atoms with van der Waals surface area (Å²) in [4.78, 5) is 11.2. The molecule has 5 N–H and O–H groups in total. The molecular weight excluding hydrogens is 332 g/mol. The molecule has 26 heavy (non-hydrogen) atoms. The first-order valence-electron chi connectivity index (χ1n) is 8.08. The summed E-state index contributed by atoms with van der Waals surface area (Å²) in [5.41, 5.74) is 3.65. The minimum absolute atomic E-state index is 0.0763. The van der Waals surface area contributed by atoms with E-state index in [2.05, 4.69) is 10.2 Å². The van der Waals surface area contributed by atoms with E-state index < -0.39 is 12.1 Å². The predicted octanol–water partition coefficient (Wildman–Crippen LogP) is 1.87. The van der Waals surface area contributed by atoms with Gasteiger partial charge in [0.1, 0.15) is 0 Å². The second-order valence-corrected chi connectivity index (χ2v) is 5.78. The van der Waals surface area contributed by atoms with Gasteiger partial charge in [0.05, 0.1) is 31.6 Å². The van der Waals surface area contributed by atoms with Crippen LogP contribution in [0.1, 0.15) is 28.7 Å². The van der Waals surface area contributed by atoms with Gasteiger partial charge in [0.15, 0.2) is 0 Å². The Morgan fingerprint density at radius 2 is 1.73 bits per heavy atom. The summed E-state index contributed by atoms with van der Waals surface area (Å²) < 4.78 is 5.85. The molecule has 0 aliphatic heterocycles. The highest BCUT2D eigenvalue weighted by Gasteiger charge is 2.15. The summed E-state index contributed by atoms with van der Waals surface area (Å²) >= 11 is 0. The molecule has 2 aromatic rings. The fourth-order valence-corrected chi connectivity index (χ4v) is 2.53. The zero-order chi connectivity index (χ0) is 18.8. The Bertz CT molecular complexity index is 773. The van der Waals surface area contributed by atoms with E-state index in [1.165, 1.54) is 0 Å². The number of nitrogens with zero attached hydrogens (tertiary/aromatic N) is 2. The molecule has 0 saturated heterocycles. The summed E-state index contributed by atoms with van der Waals surface area (Å²) in [5, 5.41) is 16.1. The normalized spacial score (nSPS) is 12.6. The minimum Gasteiger partial charge on any atom is -0.481 e. The summed E-state index contributed by atoms with van der Waals surface area (Å²) in [7, 11) is 0. The molecule has 7 nitrogen and oxygen atoms in total. The molecule has 0 aromatic heterocycles. The SMILES string of the molecule is NN=Cc1ccc(COC(CC(=O)O)Cc2cccc(C=NN)c2)cc1. The first-order chi connectivity index (χ1) is 12.6. The highest BCUT2D eigenvalue weighted by Crippen LogP contribution is 2.14. The lowest BCUT2D eigenvalue weighted by molar-refractivity contribution is -0.140. The molecule has 0 fully saturated rings. The van der Waals surface area contributed by atoms with Crippen LogP contribution in [0.2, 0.25) is 0 Å². The van der Waals surface area contributed by atoms with Crippen molar-refractivity contribution in [1.82, 2.24) is 0 Å². The van der Waals surface area contributed by atoms with Crippen molar-refractivity contribution in [3.63, 3.8) is 0 Å². The number of ether oxygens (including phenoxy) is 1. The molecule has 1 atom stereocenters. The summed E-state index contributed by atoms with van der Waals surface area (Å²) in [6.45, 7) is 0.321. The number of hydrogen-bond donors (Lipinski definition) is 3. The lowest BCUT2D eigenvalue weighted by atomic mass is 10.0. The van der Waals surface area contributed by atoms with E-state index in [1.807, 2.05) is 48.5 Å². The van der Waals surface area contributed by atoms with Gasteiger partial charge < -0.3 is 21.5 Å². The Labute approximate surface area is 152 Å². The van der Waals surface area contributed by atoms with Crippen LogP contribution in [0.4, 0.5) is 0 Å². The first-order valence-corrected chi connectivity index (χ1v) is 8.08. The molecule has 0 aliphatic rings. The summed E-state index contributed by atoms with van der Waals surface area (Å²) in [5.74, 6) is 9.39. The smallest absolute Gasteiger partial charge is 0.305 e. The number of hydrogen-bond acceptors (Lipinski definition) is 6. The van der Waals surface area contributed by atoms with Crippen LogP contribution in [0.3, 0.4) is 0 Å². The average molecular weight is 354 g/mol. The van der Waals surface area contributed by atoms with Crippen molar-refractivity contribution in [3.8, 4) is 0 Å². The third-order valence-corrected chi connectivity index (χ3v) is 3.73. The molecular formula is C19H22N4O3. The Kier molecular flexibility index (Phi) is 7.32. The van der Waals surface area contributed by atoms with Gasteiger partial charge in [0.25, 0.3) is 0 Å². The van der Waals surface area contributed by atoms with E-state index in [0.717, 1.165) is 22.3 Å². The molecule has 1 unspecified atom stereocenters. The second-order valence-electron chi connectivity index (χ2n) is 5.78. The largest absolute Gasteiger partial charge is 0.481 e. The number of nitrogens with two attached hydrogens (primary N) is 2. The van der Waals surface area contributed by atoms with Crippen LogP contribution in [0, 0.1) is 0 Å². The Morgan fingerprint density at radius 3 is 2.38 bits per heavy atom. The third-order valence-electron chi connectivity index (χ3n) is 3.73. The average Bonchev–Trinajstić information content (AvgIpc) is 2.61. The van der Waals surface area contributed by atoms with Crippen molar-refractivity contribution >= 4 is 18.4 Å². The third kappa shape index (κ3) is 6.37. The van der Waals surface area contributed by atoms with Gasteiger partial charge in [0.2, 0.25) is 0 Å². The van der Waals surface area contributed by atoms with Gasteiger partial charge in [0, 0.05) is 0 Å². The maximum absolute atomic E-state index is 11.2. The molecule has 2 rings (SSSR count). The van der Waals surface area contributed by atoms with Gasteiger partial charge in [-0.1, -0.05) is 48.5 Å². The fraction of sp³-hybridized carbons (Fsp3) is 0.211. The molecule has 2 aromatic carbocycles. The van der Waals surface area contributed by atoms with Crippen molar-refractivity contribution in [3.05, 3.63) is 70.8 Å². The number of carboxylic acid groups (broad SMARTS) is 1. The van der Waals surface area contributed by atoms with Gasteiger partial charge in [-0.3, -0.25) is 4.79 Å². The molecule has 0 bridgehead atoms. The molecule has 0 amide bonds. The lowest BCUT2D eigenvalue weighted by Gasteiger charge is -2.17. The van der Waals surface area contributed by atoms with Gasteiger partial charge >= 0.3 is 5.97 Å². The Morgan fingerprint density at radius 1 is 1.04 bits per heavy atom. The molecule has 0 saturated carbocycles. The number of carboxylic acids is 1. The van der Waals surface area contributed by atoms with E-state index in [-0.39, 0.29) is 6.42 Å². The van der Waals surface area contributed by atoms with Crippen LogP contribution in [0.15, 0.2) is 58.7 Å². The first kappa shape index (κ1) is 19.1. The monoisotopic (exact) mass is 354 g/mol. The zero-order valence-electron chi connectivity index (χ0n) is 14.3. The Hall–Kier alpha value is -3.19. The van der Waals surface area contributed by atoms with Crippen LogP contribution in [0.25, 0.3) is 0 Å². The van der Waals surface area contributed by atoms with Gasteiger partial charge in [-0.15, -0.1) is 0 Å². The van der Waals surface area contributed by atoms with Crippen molar-refractivity contribution in [1.29, 1.82) is 0 Å². The zero-order valence-corrected chi connectivity index (χ0v) is 14.3. The Balaban J connectivity index is 2.02. The fourth-order valence-electron chi connectivity index (χ4n) is 2.53. The van der Waals surface area contributed by atoms with Crippen molar-refractivity contribution in [2.45, 2.75) is 25.6 Å². The maximum Gasteiger partial charge on any atom is 0.305 e. The van der Waals surface area contributed by atoms with E-state index >= 15 is 0 Å². The van der Waals surface area contributed by atoms with Gasteiger partial charge in [-0.05, 0) is 28.7 Å². The predicted molar refractivity (Wildman–Crippen MR) is 101 cm³/mol. The van der Waals surface area contributed by atoms with Crippen molar-refractivity contribution < 1.29 is 14.6 Å². The van der Waals surface area contributed by atoms with Gasteiger partial charge in [-0.2, -0.15) is 10.2 Å². The molecule has 0 heterocycles. The van der Waals surface area contributed by atoms with E-state index in [0.29, 0.717) is 13.0 Å². The van der Waals surface area contributed by atoms with Crippen molar-refractivity contribution in [2.24, 2.45) is 21.9 Å². The summed E-state index contributed by atoms with van der Waals surface area (Å²) in [6.07, 6.45) is 3.06. The molecule has 0 spiro atoms. The highest BCUT2D eigenvalue weighted by molar-refractivity contribution is 5.79. The number of hydrazone groups is 2. The quantitative estimate of drug-likeness (QED) is 0.360. The van der Waals surface area contributed by atoms with Crippen LogP contribution < -0.4 is 11.7 Å².